The normalized spacial score (nSPS) is 18.5. The molecule has 1 N–H and O–H groups in total. The number of amides is 1. The largest absolute Gasteiger partial charge is 0.368 e. The molecule has 0 radical (unpaired) electrons. The van der Waals surface area contributed by atoms with Crippen molar-refractivity contribution in [2.45, 2.75) is 57.5 Å². The predicted octanol–water partition coefficient (Wildman–Crippen LogP) is 3.94. The third-order valence-corrected chi connectivity index (χ3v) is 7.82. The molecule has 1 saturated heterocycles. The van der Waals surface area contributed by atoms with Crippen LogP contribution in [-0.4, -0.2) is 61.4 Å². The van der Waals surface area contributed by atoms with Crippen molar-refractivity contribution in [3.63, 3.8) is 0 Å². The molecule has 2 aromatic heterocycles. The zero-order valence-electron chi connectivity index (χ0n) is 20.8. The van der Waals surface area contributed by atoms with Crippen molar-refractivity contribution < 1.29 is 4.79 Å². The van der Waals surface area contributed by atoms with Crippen molar-refractivity contribution in [3.05, 3.63) is 71.9 Å². The zero-order valence-corrected chi connectivity index (χ0v) is 20.8. The summed E-state index contributed by atoms with van der Waals surface area (Å²) >= 11 is 0. The van der Waals surface area contributed by atoms with Gasteiger partial charge in [0.25, 0.3) is 0 Å². The summed E-state index contributed by atoms with van der Waals surface area (Å²) < 4.78 is 2.14. The third-order valence-electron chi connectivity index (χ3n) is 7.82. The molecular formula is C28H33N7O. The van der Waals surface area contributed by atoms with E-state index in [-0.39, 0.29) is 18.4 Å². The smallest absolute Gasteiger partial charge is 0.230 e. The number of aromatic nitrogens is 5. The van der Waals surface area contributed by atoms with Crippen LogP contribution in [0.2, 0.25) is 0 Å². The minimum absolute atomic E-state index is 0.0803. The number of hydrogen-bond acceptors (Lipinski definition) is 5. The lowest BCUT2D eigenvalue weighted by atomic mass is 9.82. The molecule has 1 aliphatic heterocycles. The molecule has 1 unspecified atom stereocenters. The Morgan fingerprint density at radius 3 is 2.69 bits per heavy atom. The number of anilines is 1. The number of aromatic amines is 1. The maximum atomic E-state index is 13.3. The molecule has 3 heterocycles. The van der Waals surface area contributed by atoms with Gasteiger partial charge in [-0.2, -0.15) is 10.2 Å². The highest BCUT2D eigenvalue weighted by Gasteiger charge is 2.32. The van der Waals surface area contributed by atoms with Gasteiger partial charge in [0.1, 0.15) is 12.2 Å². The lowest BCUT2D eigenvalue weighted by molar-refractivity contribution is -0.133. The van der Waals surface area contributed by atoms with Gasteiger partial charge in [0.05, 0.1) is 23.7 Å². The Balaban J connectivity index is 1.28. The fraction of sp³-hybridized carbons (Fsp3) is 0.429. The van der Waals surface area contributed by atoms with Crippen molar-refractivity contribution in [1.29, 1.82) is 0 Å². The average molecular weight is 484 g/mol. The number of H-pyrrole nitrogens is 1. The first-order valence-corrected chi connectivity index (χ1v) is 13.1. The Kier molecular flexibility index (Phi) is 6.17. The van der Waals surface area contributed by atoms with Gasteiger partial charge < -0.3 is 9.80 Å². The van der Waals surface area contributed by atoms with Crippen molar-refractivity contribution in [2.75, 3.05) is 24.5 Å². The van der Waals surface area contributed by atoms with Gasteiger partial charge in [-0.3, -0.25) is 14.6 Å². The van der Waals surface area contributed by atoms with Gasteiger partial charge >= 0.3 is 0 Å². The topological polar surface area (TPSA) is 82.9 Å². The summed E-state index contributed by atoms with van der Waals surface area (Å²) in [6.07, 6.45) is 6.31. The number of benzene rings is 2. The van der Waals surface area contributed by atoms with Gasteiger partial charge in [0.15, 0.2) is 0 Å². The molecule has 8 nitrogen and oxygen atoms in total. The number of carbonyl (C=O) groups excluding carboxylic acids is 1. The summed E-state index contributed by atoms with van der Waals surface area (Å²) in [5.74, 6) is 1.30. The van der Waals surface area contributed by atoms with Gasteiger partial charge in [0, 0.05) is 43.2 Å². The Labute approximate surface area is 211 Å². The first kappa shape index (κ1) is 22.8. The van der Waals surface area contributed by atoms with E-state index >= 15 is 0 Å². The van der Waals surface area contributed by atoms with Crippen molar-refractivity contribution in [3.8, 4) is 0 Å². The molecule has 0 bridgehead atoms. The number of nitrogens with zero attached hydrogens (tertiary/aromatic N) is 6. The molecule has 2 aromatic carbocycles. The molecular weight excluding hydrogens is 450 g/mol. The second-order valence-electron chi connectivity index (χ2n) is 10.0. The number of carbonyl (C=O) groups is 1. The maximum absolute atomic E-state index is 13.3. The number of nitrogens with one attached hydrogen (secondary N) is 1. The first-order chi connectivity index (χ1) is 17.7. The third kappa shape index (κ3) is 4.36. The Morgan fingerprint density at radius 2 is 1.97 bits per heavy atom. The Morgan fingerprint density at radius 1 is 1.11 bits per heavy atom. The van der Waals surface area contributed by atoms with E-state index in [0.717, 1.165) is 26.1 Å². The summed E-state index contributed by atoms with van der Waals surface area (Å²) in [5.41, 5.74) is 4.96. The van der Waals surface area contributed by atoms with Crippen LogP contribution in [0, 0.1) is 0 Å². The van der Waals surface area contributed by atoms with Crippen molar-refractivity contribution in [1.82, 2.24) is 29.9 Å². The predicted molar refractivity (Wildman–Crippen MR) is 140 cm³/mol. The summed E-state index contributed by atoms with van der Waals surface area (Å²) in [7, 11) is 0. The summed E-state index contributed by atoms with van der Waals surface area (Å²) in [4.78, 5) is 21.9. The van der Waals surface area contributed by atoms with Crippen LogP contribution >= 0.6 is 0 Å². The van der Waals surface area contributed by atoms with E-state index in [1.54, 1.807) is 0 Å². The highest BCUT2D eigenvalue weighted by Crippen LogP contribution is 2.40. The highest BCUT2D eigenvalue weighted by molar-refractivity contribution is 5.86. The number of piperazine rings is 1. The second-order valence-corrected chi connectivity index (χ2v) is 10.0. The lowest BCUT2D eigenvalue weighted by Gasteiger charge is -2.42. The van der Waals surface area contributed by atoms with Crippen LogP contribution in [-0.2, 0) is 24.2 Å². The van der Waals surface area contributed by atoms with E-state index in [1.165, 1.54) is 53.4 Å². The van der Waals surface area contributed by atoms with E-state index < -0.39 is 0 Å². The van der Waals surface area contributed by atoms with E-state index in [2.05, 4.69) is 74.2 Å². The molecule has 1 amide bonds. The molecule has 1 atom stereocenters. The fourth-order valence-corrected chi connectivity index (χ4v) is 5.65. The van der Waals surface area contributed by atoms with Crippen LogP contribution in [0.15, 0.2) is 54.9 Å². The minimum atomic E-state index is 0.0803. The van der Waals surface area contributed by atoms with E-state index in [0.29, 0.717) is 18.3 Å². The Bertz CT molecular complexity index is 1330. The standard InChI is InChI=1S/C28H33N7O/c1-2-35-25-12-11-22(16-24(25)28(32-35)21-9-6-10-21)33-13-14-34(27(36)17-26-29-19-30-31-26)23(18-33)15-20-7-4-3-5-8-20/h3-5,7-8,11-12,16,19,21,23H,2,6,9-10,13-15,17-18H2,1H3,(H,29,30,31). The molecule has 4 aromatic rings. The molecule has 1 saturated carbocycles. The molecule has 6 rings (SSSR count). The number of aryl methyl sites for hydroxylation is 1. The second kappa shape index (κ2) is 9.76. The number of hydrogen-bond donors (Lipinski definition) is 1. The molecule has 186 valence electrons. The lowest BCUT2D eigenvalue weighted by Crippen LogP contribution is -2.56. The molecule has 1 aliphatic carbocycles. The van der Waals surface area contributed by atoms with Crippen LogP contribution in [0.4, 0.5) is 5.69 Å². The van der Waals surface area contributed by atoms with Gasteiger partial charge in [-0.25, -0.2) is 4.98 Å². The average Bonchev–Trinajstić information content (AvgIpc) is 3.51. The van der Waals surface area contributed by atoms with E-state index in [4.69, 9.17) is 5.10 Å². The summed E-state index contributed by atoms with van der Waals surface area (Å²) in [6.45, 7) is 5.33. The monoisotopic (exact) mass is 483 g/mol. The summed E-state index contributed by atoms with van der Waals surface area (Å²) in [5, 5.41) is 13.0. The van der Waals surface area contributed by atoms with E-state index in [1.807, 2.05) is 11.0 Å². The maximum Gasteiger partial charge on any atom is 0.230 e. The van der Waals surface area contributed by atoms with Crippen LogP contribution in [0.3, 0.4) is 0 Å². The van der Waals surface area contributed by atoms with Gasteiger partial charge in [-0.05, 0) is 49.9 Å². The molecule has 8 heteroatoms. The van der Waals surface area contributed by atoms with Gasteiger partial charge in [0.2, 0.25) is 5.91 Å². The van der Waals surface area contributed by atoms with Gasteiger partial charge in [-0.15, -0.1) is 0 Å². The van der Waals surface area contributed by atoms with Crippen molar-refractivity contribution in [2.24, 2.45) is 0 Å². The van der Waals surface area contributed by atoms with Crippen LogP contribution < -0.4 is 4.90 Å². The quantitative estimate of drug-likeness (QED) is 0.431. The van der Waals surface area contributed by atoms with Crippen LogP contribution in [0.1, 0.15) is 49.2 Å². The number of rotatable bonds is 7. The molecule has 36 heavy (non-hydrogen) atoms. The Hall–Kier alpha value is -3.68. The van der Waals surface area contributed by atoms with Crippen LogP contribution in [0.5, 0.6) is 0 Å². The van der Waals surface area contributed by atoms with Gasteiger partial charge in [-0.1, -0.05) is 36.8 Å². The minimum Gasteiger partial charge on any atom is -0.368 e. The molecule has 0 spiro atoms. The van der Waals surface area contributed by atoms with E-state index in [9.17, 15) is 4.79 Å². The molecule has 2 aliphatic rings. The summed E-state index contributed by atoms with van der Waals surface area (Å²) in [6, 6.07) is 17.3. The van der Waals surface area contributed by atoms with Crippen molar-refractivity contribution >= 4 is 22.5 Å². The SMILES string of the molecule is CCn1nc(C2CCC2)c2cc(N3CCN(C(=O)Cc4ncn[nH]4)C(Cc4ccccc4)C3)ccc21. The fourth-order valence-electron chi connectivity index (χ4n) is 5.65. The molecule has 2 fully saturated rings. The highest BCUT2D eigenvalue weighted by atomic mass is 16.2. The van der Waals surface area contributed by atoms with Crippen LogP contribution in [0.25, 0.3) is 10.9 Å². The first-order valence-electron chi connectivity index (χ1n) is 13.1. The zero-order chi connectivity index (χ0) is 24.5. The number of fused-ring (bicyclic) bond motifs is 1.